The molecule has 0 amide bonds. The summed E-state index contributed by atoms with van der Waals surface area (Å²) in [6, 6.07) is 0.747. The third kappa shape index (κ3) is 3.45. The highest BCUT2D eigenvalue weighted by atomic mass is 35.5. The van der Waals surface area contributed by atoms with Gasteiger partial charge in [0.25, 0.3) is 0 Å². The molecule has 1 aromatic rings. The molecule has 2 fully saturated rings. The van der Waals surface area contributed by atoms with Gasteiger partial charge in [-0.05, 0) is 31.1 Å². The lowest BCUT2D eigenvalue weighted by Crippen LogP contribution is -2.40. The summed E-state index contributed by atoms with van der Waals surface area (Å²) in [5.41, 5.74) is 5.73. The molecule has 4 nitrogen and oxygen atoms in total. The van der Waals surface area contributed by atoms with E-state index < -0.39 is 0 Å². The minimum absolute atomic E-state index is 0. The van der Waals surface area contributed by atoms with Crippen molar-refractivity contribution in [1.29, 1.82) is 0 Å². The molecule has 1 aromatic heterocycles. The smallest absolute Gasteiger partial charge is 0.180 e. The molecule has 0 aliphatic heterocycles. The van der Waals surface area contributed by atoms with Crippen LogP contribution in [-0.2, 0) is 11.3 Å². The van der Waals surface area contributed by atoms with E-state index in [-0.39, 0.29) is 12.4 Å². The number of hydrogen-bond acceptors (Lipinski definition) is 5. The largest absolute Gasteiger partial charge is 0.383 e. The van der Waals surface area contributed by atoms with Crippen molar-refractivity contribution in [3.8, 4) is 0 Å². The van der Waals surface area contributed by atoms with E-state index in [0.29, 0.717) is 5.13 Å². The minimum Gasteiger partial charge on any atom is -0.383 e. The highest BCUT2D eigenvalue weighted by Crippen LogP contribution is 2.46. The molecule has 114 valence electrons. The highest BCUT2D eigenvalue weighted by molar-refractivity contribution is 7.15. The van der Waals surface area contributed by atoms with Crippen LogP contribution in [0.4, 0.5) is 5.13 Å². The van der Waals surface area contributed by atoms with E-state index in [1.807, 2.05) is 6.20 Å². The van der Waals surface area contributed by atoms with Gasteiger partial charge in [-0.25, -0.2) is 4.98 Å². The number of anilines is 1. The number of halogens is 1. The van der Waals surface area contributed by atoms with Gasteiger partial charge in [0.1, 0.15) is 0 Å². The van der Waals surface area contributed by atoms with Gasteiger partial charge in [-0.15, -0.1) is 23.7 Å². The average Bonchev–Trinajstić information content (AvgIpc) is 3.10. The average molecular weight is 318 g/mol. The van der Waals surface area contributed by atoms with E-state index in [1.165, 1.54) is 30.6 Å². The second-order valence-electron chi connectivity index (χ2n) is 5.87. The number of rotatable bonds is 6. The highest BCUT2D eigenvalue weighted by Gasteiger charge is 2.42. The Morgan fingerprint density at radius 1 is 1.45 bits per heavy atom. The summed E-state index contributed by atoms with van der Waals surface area (Å²) in [5, 5.41) is 0.676. The van der Waals surface area contributed by atoms with E-state index >= 15 is 0 Å². The van der Waals surface area contributed by atoms with Crippen LogP contribution in [0.1, 0.15) is 30.6 Å². The first kappa shape index (κ1) is 16.0. The number of ether oxygens (including phenoxy) is 1. The summed E-state index contributed by atoms with van der Waals surface area (Å²) in [5.74, 6) is 1.89. The van der Waals surface area contributed by atoms with E-state index in [2.05, 4.69) is 9.88 Å². The summed E-state index contributed by atoms with van der Waals surface area (Å²) in [7, 11) is 1.78. The fourth-order valence-electron chi connectivity index (χ4n) is 3.82. The first-order chi connectivity index (χ1) is 9.26. The maximum absolute atomic E-state index is 5.73. The lowest BCUT2D eigenvalue weighted by atomic mass is 9.94. The summed E-state index contributed by atoms with van der Waals surface area (Å²) in [6.45, 7) is 2.80. The van der Waals surface area contributed by atoms with E-state index in [4.69, 9.17) is 10.5 Å². The van der Waals surface area contributed by atoms with Gasteiger partial charge in [0, 0.05) is 37.3 Å². The summed E-state index contributed by atoms with van der Waals surface area (Å²) >= 11 is 1.61. The lowest BCUT2D eigenvalue weighted by Gasteiger charge is -2.34. The van der Waals surface area contributed by atoms with Crippen LogP contribution in [0.2, 0.25) is 0 Å². The molecular formula is C14H24ClN3OS. The molecule has 2 bridgehead atoms. The number of hydrogen-bond donors (Lipinski definition) is 1. The van der Waals surface area contributed by atoms with Crippen LogP contribution in [0, 0.1) is 11.8 Å². The Bertz CT molecular complexity index is 428. The number of methoxy groups -OCH3 is 1. The van der Waals surface area contributed by atoms with Crippen LogP contribution in [0.15, 0.2) is 6.20 Å². The van der Waals surface area contributed by atoms with Crippen molar-refractivity contribution in [2.75, 3.05) is 26.0 Å². The number of fused-ring (bicyclic) bond motifs is 2. The van der Waals surface area contributed by atoms with Gasteiger partial charge in [-0.3, -0.25) is 4.90 Å². The summed E-state index contributed by atoms with van der Waals surface area (Å²) in [4.78, 5) is 8.03. The number of aromatic nitrogens is 1. The molecule has 3 rings (SSSR count). The van der Waals surface area contributed by atoms with E-state index in [0.717, 1.165) is 37.6 Å². The second-order valence-corrected chi connectivity index (χ2v) is 7.02. The molecule has 2 N–H and O–H groups in total. The Balaban J connectivity index is 0.00000147. The van der Waals surface area contributed by atoms with Crippen molar-refractivity contribution in [3.63, 3.8) is 0 Å². The first-order valence-electron chi connectivity index (χ1n) is 7.19. The standard InChI is InChI=1S/C14H23N3OS.ClH/c1-18-5-4-17(9-12-8-16-14(15)19-12)13-7-10-2-3-11(13)6-10;/h8,10-11,13H,2-7,9H2,1H3,(H2,15,16);1H. The number of nitrogens with zero attached hydrogens (tertiary/aromatic N) is 2. The Kier molecular flexibility index (Phi) is 5.66. The van der Waals surface area contributed by atoms with Gasteiger partial charge in [0.05, 0.1) is 6.61 Å². The Hall–Kier alpha value is -0.360. The van der Waals surface area contributed by atoms with E-state index in [1.54, 1.807) is 18.4 Å². The molecule has 2 saturated carbocycles. The van der Waals surface area contributed by atoms with Crippen molar-refractivity contribution in [2.45, 2.75) is 38.3 Å². The quantitative estimate of drug-likeness (QED) is 0.876. The molecule has 0 spiro atoms. The molecule has 2 aliphatic carbocycles. The summed E-state index contributed by atoms with van der Waals surface area (Å²) < 4.78 is 5.28. The Morgan fingerprint density at radius 2 is 2.30 bits per heavy atom. The summed E-state index contributed by atoms with van der Waals surface area (Å²) in [6.07, 6.45) is 7.62. The van der Waals surface area contributed by atoms with Crippen LogP contribution < -0.4 is 5.73 Å². The zero-order valence-electron chi connectivity index (χ0n) is 12.0. The number of nitrogens with two attached hydrogens (primary N) is 1. The van der Waals surface area contributed by atoms with Crippen LogP contribution >= 0.6 is 23.7 Å². The Morgan fingerprint density at radius 3 is 2.85 bits per heavy atom. The molecule has 6 heteroatoms. The molecule has 20 heavy (non-hydrogen) atoms. The van der Waals surface area contributed by atoms with Gasteiger partial charge in [0.2, 0.25) is 0 Å². The first-order valence-corrected chi connectivity index (χ1v) is 8.01. The number of nitrogen functional groups attached to an aromatic ring is 1. The van der Waals surface area contributed by atoms with Gasteiger partial charge in [-0.1, -0.05) is 6.42 Å². The van der Waals surface area contributed by atoms with Gasteiger partial charge < -0.3 is 10.5 Å². The minimum atomic E-state index is 0. The normalized spacial score (nSPS) is 28.0. The molecule has 2 aliphatic rings. The molecular weight excluding hydrogens is 294 g/mol. The van der Waals surface area contributed by atoms with Gasteiger partial charge in [-0.2, -0.15) is 0 Å². The monoisotopic (exact) mass is 317 g/mol. The van der Waals surface area contributed by atoms with Crippen molar-refractivity contribution in [2.24, 2.45) is 11.8 Å². The van der Waals surface area contributed by atoms with Gasteiger partial charge >= 0.3 is 0 Å². The fourth-order valence-corrected chi connectivity index (χ4v) is 4.53. The van der Waals surface area contributed by atoms with Crippen LogP contribution in [-0.4, -0.2) is 36.2 Å². The second kappa shape index (κ2) is 7.07. The zero-order valence-corrected chi connectivity index (χ0v) is 13.6. The van der Waals surface area contributed by atoms with Crippen molar-refractivity contribution in [1.82, 2.24) is 9.88 Å². The molecule has 1 heterocycles. The lowest BCUT2D eigenvalue weighted by molar-refractivity contribution is 0.0893. The third-order valence-corrected chi connectivity index (χ3v) is 5.49. The molecule has 0 aromatic carbocycles. The van der Waals surface area contributed by atoms with Crippen molar-refractivity contribution in [3.05, 3.63) is 11.1 Å². The zero-order chi connectivity index (χ0) is 13.2. The van der Waals surface area contributed by atoms with Crippen molar-refractivity contribution < 1.29 is 4.74 Å². The maximum Gasteiger partial charge on any atom is 0.180 e. The molecule has 3 unspecified atom stereocenters. The predicted octanol–water partition coefficient (Wildman–Crippen LogP) is 2.78. The third-order valence-electron chi connectivity index (χ3n) is 4.68. The molecule has 0 radical (unpaired) electrons. The maximum atomic E-state index is 5.73. The van der Waals surface area contributed by atoms with Gasteiger partial charge in [0.15, 0.2) is 5.13 Å². The van der Waals surface area contributed by atoms with Crippen molar-refractivity contribution >= 4 is 28.9 Å². The topological polar surface area (TPSA) is 51.4 Å². The number of thiazole rings is 1. The SMILES string of the molecule is COCCN(Cc1cnc(N)s1)C1CC2CCC1C2.Cl. The van der Waals surface area contributed by atoms with E-state index in [9.17, 15) is 0 Å². The fraction of sp³-hybridized carbons (Fsp3) is 0.786. The molecule has 3 atom stereocenters. The predicted molar refractivity (Wildman–Crippen MR) is 85.3 cm³/mol. The van der Waals surface area contributed by atoms with Crippen LogP contribution in [0.3, 0.4) is 0 Å². The molecule has 0 saturated heterocycles. The Labute approximate surface area is 131 Å². The van der Waals surface area contributed by atoms with Crippen LogP contribution in [0.5, 0.6) is 0 Å². The van der Waals surface area contributed by atoms with Crippen LogP contribution in [0.25, 0.3) is 0 Å².